The predicted octanol–water partition coefficient (Wildman–Crippen LogP) is 4.18. The minimum atomic E-state index is -4.68. The molecule has 2 fully saturated rings. The Hall–Kier alpha value is -3.24. The first-order valence-electron chi connectivity index (χ1n) is 10.4. The summed E-state index contributed by atoms with van der Waals surface area (Å²) in [5, 5.41) is 8.03. The molecule has 7 nitrogen and oxygen atoms in total. The number of alkyl halides is 3. The molecule has 1 saturated carbocycles. The average Bonchev–Trinajstić information content (AvgIpc) is 3.38. The Kier molecular flexibility index (Phi) is 4.79. The van der Waals surface area contributed by atoms with Crippen molar-refractivity contribution < 1.29 is 22.4 Å². The van der Waals surface area contributed by atoms with Gasteiger partial charge >= 0.3 is 6.18 Å². The van der Waals surface area contributed by atoms with Crippen molar-refractivity contribution in [3.63, 3.8) is 0 Å². The van der Waals surface area contributed by atoms with E-state index in [9.17, 15) is 22.4 Å². The topological polar surface area (TPSA) is 68.8 Å². The first kappa shape index (κ1) is 20.7. The Morgan fingerprint density at radius 1 is 1.09 bits per heavy atom. The highest BCUT2D eigenvalue weighted by molar-refractivity contribution is 5.98. The van der Waals surface area contributed by atoms with Gasteiger partial charge in [-0.25, -0.2) is 18.7 Å². The van der Waals surface area contributed by atoms with E-state index in [0.717, 1.165) is 29.6 Å². The van der Waals surface area contributed by atoms with Gasteiger partial charge in [0.1, 0.15) is 17.7 Å². The number of anilines is 1. The molecule has 0 N–H and O–H groups in total. The van der Waals surface area contributed by atoms with Crippen molar-refractivity contribution in [3.8, 4) is 5.69 Å². The molecule has 1 aliphatic heterocycles. The average molecular weight is 448 g/mol. The highest BCUT2D eigenvalue weighted by Gasteiger charge is 2.42. The molecule has 1 saturated heterocycles. The fourth-order valence-corrected chi connectivity index (χ4v) is 4.36. The third-order valence-corrected chi connectivity index (χ3v) is 6.17. The molecular formula is C21H20F4N6O. The minimum absolute atomic E-state index is 0.0405. The lowest BCUT2D eigenvalue weighted by Crippen LogP contribution is -2.30. The van der Waals surface area contributed by atoms with Crippen LogP contribution in [0, 0.1) is 12.7 Å². The summed E-state index contributed by atoms with van der Waals surface area (Å²) in [4.78, 5) is 18.3. The molecule has 3 aromatic rings. The van der Waals surface area contributed by atoms with Crippen LogP contribution in [0.5, 0.6) is 0 Å². The fraction of sp³-hybridized carbons (Fsp3) is 0.429. The van der Waals surface area contributed by atoms with E-state index < -0.39 is 18.0 Å². The van der Waals surface area contributed by atoms with Crippen LogP contribution in [0.1, 0.15) is 55.0 Å². The van der Waals surface area contributed by atoms with Crippen LogP contribution in [-0.2, 0) is 11.0 Å². The number of nitrogens with zero attached hydrogens (tertiary/aromatic N) is 6. The molecule has 11 heteroatoms. The van der Waals surface area contributed by atoms with Crippen molar-refractivity contribution in [3.05, 3.63) is 53.6 Å². The van der Waals surface area contributed by atoms with E-state index >= 15 is 0 Å². The van der Waals surface area contributed by atoms with Gasteiger partial charge in [-0.1, -0.05) is 6.42 Å². The zero-order valence-corrected chi connectivity index (χ0v) is 17.2. The quantitative estimate of drug-likeness (QED) is 0.562. The zero-order chi connectivity index (χ0) is 22.6. The number of hydrogen-bond acceptors (Lipinski definition) is 4. The maximum absolute atomic E-state index is 13.4. The summed E-state index contributed by atoms with van der Waals surface area (Å²) in [6.45, 7) is 1.74. The molecule has 32 heavy (non-hydrogen) atoms. The maximum Gasteiger partial charge on any atom is 0.453 e. The smallest absolute Gasteiger partial charge is 0.307 e. The molecule has 0 bridgehead atoms. The van der Waals surface area contributed by atoms with E-state index in [4.69, 9.17) is 0 Å². The van der Waals surface area contributed by atoms with Crippen LogP contribution in [0.25, 0.3) is 5.69 Å². The largest absolute Gasteiger partial charge is 0.453 e. The van der Waals surface area contributed by atoms with Crippen LogP contribution < -0.4 is 4.90 Å². The van der Waals surface area contributed by atoms with Gasteiger partial charge in [0.15, 0.2) is 0 Å². The summed E-state index contributed by atoms with van der Waals surface area (Å²) in [5.41, 5.74) is 2.19. The highest BCUT2D eigenvalue weighted by Crippen LogP contribution is 2.43. The first-order valence-corrected chi connectivity index (χ1v) is 10.4. The highest BCUT2D eigenvalue weighted by atomic mass is 19.4. The molecule has 1 unspecified atom stereocenters. The molecule has 1 atom stereocenters. The van der Waals surface area contributed by atoms with Gasteiger partial charge in [0, 0.05) is 12.5 Å². The summed E-state index contributed by atoms with van der Waals surface area (Å²) >= 11 is 0. The molecule has 5 rings (SSSR count). The summed E-state index contributed by atoms with van der Waals surface area (Å²) in [5.74, 6) is -1.70. The molecule has 2 aromatic heterocycles. The number of halogens is 4. The second kappa shape index (κ2) is 7.42. The number of rotatable bonds is 4. The van der Waals surface area contributed by atoms with E-state index in [-0.39, 0.29) is 23.5 Å². The van der Waals surface area contributed by atoms with E-state index in [0.29, 0.717) is 24.3 Å². The first-order chi connectivity index (χ1) is 15.2. The van der Waals surface area contributed by atoms with Crippen LogP contribution in [0.4, 0.5) is 23.2 Å². The third kappa shape index (κ3) is 3.35. The van der Waals surface area contributed by atoms with Crippen LogP contribution in [0.3, 0.4) is 0 Å². The van der Waals surface area contributed by atoms with Crippen molar-refractivity contribution in [2.45, 2.75) is 50.7 Å². The van der Waals surface area contributed by atoms with Crippen LogP contribution in [0.2, 0.25) is 0 Å². The number of aromatic nitrogens is 5. The molecule has 0 radical (unpaired) electrons. The second-order valence-electron chi connectivity index (χ2n) is 8.15. The lowest BCUT2D eigenvalue weighted by Gasteiger charge is -2.29. The summed E-state index contributed by atoms with van der Waals surface area (Å²) < 4.78 is 55.2. The number of benzene rings is 1. The monoisotopic (exact) mass is 448 g/mol. The lowest BCUT2D eigenvalue weighted by molar-refractivity contribution is -0.145. The Morgan fingerprint density at radius 3 is 2.41 bits per heavy atom. The Morgan fingerprint density at radius 2 is 1.81 bits per heavy atom. The van der Waals surface area contributed by atoms with Crippen molar-refractivity contribution >= 4 is 11.6 Å². The third-order valence-electron chi connectivity index (χ3n) is 6.17. The fourth-order valence-electron chi connectivity index (χ4n) is 4.36. The van der Waals surface area contributed by atoms with Crippen molar-refractivity contribution in [1.82, 2.24) is 24.5 Å². The maximum atomic E-state index is 13.4. The Bertz CT molecular complexity index is 1160. The van der Waals surface area contributed by atoms with Crippen LogP contribution in [-0.4, -0.2) is 37.0 Å². The lowest BCUT2D eigenvalue weighted by atomic mass is 9.82. The van der Waals surface area contributed by atoms with Crippen LogP contribution in [0.15, 0.2) is 30.5 Å². The SMILES string of the molecule is Cc1nc(C(F)(F)F)nn1C1CCN(c2cnn(-c3ccc(F)cc3)c2C2CCC2)C1=O. The van der Waals surface area contributed by atoms with Gasteiger partial charge in [-0.05, 0) is 50.5 Å². The molecule has 1 aromatic carbocycles. The predicted molar refractivity (Wildman–Crippen MR) is 106 cm³/mol. The number of aryl methyl sites for hydroxylation is 1. The van der Waals surface area contributed by atoms with Crippen molar-refractivity contribution in [2.75, 3.05) is 11.4 Å². The number of hydrogen-bond donors (Lipinski definition) is 0. The van der Waals surface area contributed by atoms with Gasteiger partial charge in [0.2, 0.25) is 0 Å². The van der Waals surface area contributed by atoms with Gasteiger partial charge in [-0.15, -0.1) is 5.10 Å². The molecule has 2 aliphatic rings. The molecule has 1 aliphatic carbocycles. The normalized spacial score (nSPS) is 19.6. The molecule has 0 spiro atoms. The van der Waals surface area contributed by atoms with E-state index in [1.807, 2.05) is 0 Å². The molecular weight excluding hydrogens is 428 g/mol. The van der Waals surface area contributed by atoms with Gasteiger partial charge in [-0.2, -0.15) is 18.3 Å². The van der Waals surface area contributed by atoms with E-state index in [2.05, 4.69) is 15.2 Å². The van der Waals surface area contributed by atoms with Crippen molar-refractivity contribution in [1.29, 1.82) is 0 Å². The van der Waals surface area contributed by atoms with E-state index in [1.54, 1.807) is 27.9 Å². The van der Waals surface area contributed by atoms with Gasteiger partial charge in [-0.3, -0.25) is 4.79 Å². The number of carbonyl (C=O) groups excluding carboxylic acids is 1. The van der Waals surface area contributed by atoms with Gasteiger partial charge < -0.3 is 4.90 Å². The zero-order valence-electron chi connectivity index (χ0n) is 17.2. The Balaban J connectivity index is 1.49. The standard InChI is InChI=1S/C21H20F4N6O/c1-12-27-20(21(23,24)25)28-30(12)16-9-10-29(19(16)32)17-11-26-31(18(17)13-3-2-4-13)15-7-5-14(22)6-8-15/h5-8,11,13,16H,2-4,9-10H2,1H3. The number of amides is 1. The van der Waals surface area contributed by atoms with Crippen molar-refractivity contribution in [2.24, 2.45) is 0 Å². The molecule has 168 valence electrons. The summed E-state index contributed by atoms with van der Waals surface area (Å²) in [7, 11) is 0. The van der Waals surface area contributed by atoms with Gasteiger partial charge in [0.05, 0.1) is 23.3 Å². The van der Waals surface area contributed by atoms with E-state index in [1.165, 1.54) is 19.1 Å². The molecule has 3 heterocycles. The van der Waals surface area contributed by atoms with Gasteiger partial charge in [0.25, 0.3) is 11.7 Å². The van der Waals surface area contributed by atoms with Crippen LogP contribution >= 0.6 is 0 Å². The Labute approximate surface area is 180 Å². The summed E-state index contributed by atoms with van der Waals surface area (Å²) in [6.07, 6.45) is 0.197. The minimum Gasteiger partial charge on any atom is -0.307 e. The molecule has 1 amide bonds. The summed E-state index contributed by atoms with van der Waals surface area (Å²) in [6, 6.07) is 5.09. The number of carbonyl (C=O) groups is 1. The second-order valence-corrected chi connectivity index (χ2v) is 8.15.